The van der Waals surface area contributed by atoms with E-state index in [2.05, 4.69) is 0 Å². The predicted molar refractivity (Wildman–Crippen MR) is 102 cm³/mol. The number of ether oxygens (including phenoxy) is 4. The first kappa shape index (κ1) is 20.1. The predicted octanol–water partition coefficient (Wildman–Crippen LogP) is 2.64. The summed E-state index contributed by atoms with van der Waals surface area (Å²) in [5, 5.41) is 18.0. The highest BCUT2D eigenvalue weighted by molar-refractivity contribution is 6.22. The maximum Gasteiger partial charge on any atom is 0.276 e. The Morgan fingerprint density at radius 3 is 1.89 bits per heavy atom. The van der Waals surface area contributed by atoms with Gasteiger partial charge in [-0.1, -0.05) is 83.9 Å². The van der Waals surface area contributed by atoms with Crippen LogP contribution in [0.1, 0.15) is 11.1 Å². The summed E-state index contributed by atoms with van der Waals surface area (Å²) < 4.78 is 22.7. The smallest absolute Gasteiger partial charge is 0.276 e. The fourth-order valence-corrected chi connectivity index (χ4v) is 3.88. The Bertz CT molecular complexity index is 794. The van der Waals surface area contributed by atoms with Crippen LogP contribution in [0, 0.1) is 0 Å². The molecule has 0 saturated carbocycles. The molecule has 0 radical (unpaired) electrons. The number of rotatable bonds is 4. The van der Waals surface area contributed by atoms with Crippen molar-refractivity contribution < 1.29 is 29.2 Å². The minimum atomic E-state index is -1.62. The maximum absolute atomic E-state index is 10.8. The Morgan fingerprint density at radius 1 is 0.821 bits per heavy atom. The van der Waals surface area contributed by atoms with Crippen LogP contribution in [-0.4, -0.2) is 47.8 Å². The second-order valence-corrected chi connectivity index (χ2v) is 7.72. The summed E-state index contributed by atoms with van der Waals surface area (Å²) in [6.45, 7) is -0.0912. The van der Waals surface area contributed by atoms with Gasteiger partial charge in [0.1, 0.15) is 24.4 Å². The highest BCUT2D eigenvalue weighted by Gasteiger charge is 2.51. The van der Waals surface area contributed by atoms with Crippen molar-refractivity contribution >= 4 is 23.2 Å². The van der Waals surface area contributed by atoms with E-state index >= 15 is 0 Å². The van der Waals surface area contributed by atoms with E-state index in [0.717, 1.165) is 0 Å². The Labute approximate surface area is 172 Å². The maximum atomic E-state index is 10.8. The first-order valence-electron chi connectivity index (χ1n) is 8.90. The van der Waals surface area contributed by atoms with Crippen molar-refractivity contribution in [1.82, 2.24) is 0 Å². The van der Waals surface area contributed by atoms with Gasteiger partial charge in [-0.3, -0.25) is 0 Å². The lowest BCUT2D eigenvalue weighted by Crippen LogP contribution is -2.55. The van der Waals surface area contributed by atoms with Crippen molar-refractivity contribution in [1.29, 1.82) is 0 Å². The normalized spacial score (nSPS) is 36.9. The monoisotopic (exact) mass is 426 g/mol. The first-order chi connectivity index (χ1) is 13.4. The number of hydrogen-bond donors (Lipinski definition) is 2. The molecule has 2 aliphatic rings. The van der Waals surface area contributed by atoms with Crippen LogP contribution >= 0.6 is 23.2 Å². The van der Waals surface area contributed by atoms with Crippen molar-refractivity contribution in [3.8, 4) is 0 Å². The summed E-state index contributed by atoms with van der Waals surface area (Å²) in [7, 11) is 0. The average Bonchev–Trinajstić information content (AvgIpc) is 3.14. The molecule has 0 aliphatic carbocycles. The van der Waals surface area contributed by atoms with E-state index in [1.165, 1.54) is 0 Å². The molecule has 2 unspecified atom stereocenters. The number of aliphatic hydroxyl groups is 2. The van der Waals surface area contributed by atoms with E-state index in [0.29, 0.717) is 11.1 Å². The fourth-order valence-electron chi connectivity index (χ4n) is 3.28. The summed E-state index contributed by atoms with van der Waals surface area (Å²) in [5.74, 6) is 0. The molecule has 2 fully saturated rings. The minimum absolute atomic E-state index is 0.0214. The summed E-state index contributed by atoms with van der Waals surface area (Å²) >= 11 is 13.0. The highest BCUT2D eigenvalue weighted by Crippen LogP contribution is 2.42. The van der Waals surface area contributed by atoms with Gasteiger partial charge >= 0.3 is 0 Å². The molecule has 28 heavy (non-hydrogen) atoms. The van der Waals surface area contributed by atoms with Crippen LogP contribution in [0.5, 0.6) is 0 Å². The molecule has 6 nitrogen and oxygen atoms in total. The number of halogens is 2. The molecule has 0 aromatic heterocycles. The van der Waals surface area contributed by atoms with E-state index in [1.807, 2.05) is 24.3 Å². The quantitative estimate of drug-likeness (QED) is 0.731. The van der Waals surface area contributed by atoms with Gasteiger partial charge in [0, 0.05) is 11.1 Å². The van der Waals surface area contributed by atoms with Gasteiger partial charge in [0.2, 0.25) is 0 Å². The fraction of sp³-hybridized carbons (Fsp3) is 0.400. The van der Waals surface area contributed by atoms with Crippen molar-refractivity contribution in [2.45, 2.75) is 34.9 Å². The second-order valence-electron chi connectivity index (χ2n) is 6.72. The van der Waals surface area contributed by atoms with Gasteiger partial charge in [-0.15, -0.1) is 0 Å². The SMILES string of the molecule is O[C@@H]([C@@H]1OC(Cl)(c2ccccc2)OC[C@H]1O)[C@@H]1COC(Cl)(c2ccccc2)O1. The molecule has 2 N–H and O–H groups in total. The summed E-state index contributed by atoms with van der Waals surface area (Å²) in [6, 6.07) is 17.9. The number of benzene rings is 2. The largest absolute Gasteiger partial charge is 0.388 e. The average molecular weight is 427 g/mol. The van der Waals surface area contributed by atoms with Crippen LogP contribution in [0.15, 0.2) is 60.7 Å². The summed E-state index contributed by atoms with van der Waals surface area (Å²) in [6.07, 6.45) is -4.23. The lowest BCUT2D eigenvalue weighted by atomic mass is 10.0. The third-order valence-corrected chi connectivity index (χ3v) is 5.63. The zero-order chi connectivity index (χ0) is 19.8. The van der Waals surface area contributed by atoms with Gasteiger partial charge in [-0.05, 0) is 0 Å². The van der Waals surface area contributed by atoms with Crippen LogP contribution in [0.3, 0.4) is 0 Å². The summed E-state index contributed by atoms with van der Waals surface area (Å²) in [5.41, 5.74) is 1.16. The molecule has 2 saturated heterocycles. The lowest BCUT2D eigenvalue weighted by molar-refractivity contribution is -0.308. The van der Waals surface area contributed by atoms with E-state index in [-0.39, 0.29) is 13.2 Å². The van der Waals surface area contributed by atoms with Crippen LogP contribution in [0.2, 0.25) is 0 Å². The molecule has 2 heterocycles. The lowest BCUT2D eigenvalue weighted by Gasteiger charge is -2.42. The molecule has 4 rings (SSSR count). The highest BCUT2D eigenvalue weighted by atomic mass is 35.5. The molecule has 150 valence electrons. The summed E-state index contributed by atoms with van der Waals surface area (Å²) in [4.78, 5) is 0. The van der Waals surface area contributed by atoms with Gasteiger partial charge in [0.15, 0.2) is 0 Å². The molecule has 8 heteroatoms. The van der Waals surface area contributed by atoms with Crippen molar-refractivity contribution in [2.24, 2.45) is 0 Å². The van der Waals surface area contributed by atoms with Gasteiger partial charge in [0.05, 0.1) is 13.2 Å². The third kappa shape index (κ3) is 3.79. The Kier molecular flexibility index (Phi) is 5.66. The molecular formula is C20H20Cl2O6. The molecule has 0 spiro atoms. The van der Waals surface area contributed by atoms with Crippen LogP contribution in [0.4, 0.5) is 0 Å². The first-order valence-corrected chi connectivity index (χ1v) is 9.65. The van der Waals surface area contributed by atoms with Crippen LogP contribution < -0.4 is 0 Å². The number of alkyl halides is 2. The Hall–Kier alpha value is -1.22. The van der Waals surface area contributed by atoms with E-state index in [4.69, 9.17) is 42.1 Å². The molecule has 0 amide bonds. The molecule has 0 bridgehead atoms. The Balaban J connectivity index is 1.50. The molecular weight excluding hydrogens is 407 g/mol. The Morgan fingerprint density at radius 2 is 1.32 bits per heavy atom. The van der Waals surface area contributed by atoms with Gasteiger partial charge in [-0.2, -0.15) is 0 Å². The van der Waals surface area contributed by atoms with Crippen molar-refractivity contribution in [3.05, 3.63) is 71.8 Å². The molecule has 2 aromatic rings. The zero-order valence-electron chi connectivity index (χ0n) is 14.8. The van der Waals surface area contributed by atoms with Gasteiger partial charge in [0.25, 0.3) is 10.5 Å². The molecule has 6 atom stereocenters. The number of aliphatic hydroxyl groups excluding tert-OH is 2. The second kappa shape index (κ2) is 7.89. The topological polar surface area (TPSA) is 77.4 Å². The standard InChI is InChI=1S/C20H20Cl2O6/c21-19(13-7-3-1-4-8-13)26-12-16(27-19)17(24)18-15(23)11-25-20(22,28-18)14-9-5-2-6-10-14/h1-10,15-18,23-24H,11-12H2/t15-,16+,17-,18-,19?,20?/m1/s1. The third-order valence-electron chi connectivity index (χ3n) is 4.80. The van der Waals surface area contributed by atoms with Crippen molar-refractivity contribution in [3.63, 3.8) is 0 Å². The zero-order valence-corrected chi connectivity index (χ0v) is 16.3. The van der Waals surface area contributed by atoms with Crippen LogP contribution in [-0.2, 0) is 29.4 Å². The molecule has 2 aromatic carbocycles. The molecule has 2 aliphatic heterocycles. The van der Waals surface area contributed by atoms with Gasteiger partial charge < -0.3 is 29.2 Å². The van der Waals surface area contributed by atoms with E-state index < -0.39 is 34.9 Å². The van der Waals surface area contributed by atoms with E-state index in [9.17, 15) is 10.2 Å². The van der Waals surface area contributed by atoms with Gasteiger partial charge in [-0.25, -0.2) is 0 Å². The number of hydrogen-bond acceptors (Lipinski definition) is 6. The van der Waals surface area contributed by atoms with Crippen molar-refractivity contribution in [2.75, 3.05) is 13.2 Å². The van der Waals surface area contributed by atoms with E-state index in [1.54, 1.807) is 36.4 Å². The minimum Gasteiger partial charge on any atom is -0.388 e. The van der Waals surface area contributed by atoms with Crippen LogP contribution in [0.25, 0.3) is 0 Å².